The third-order valence-corrected chi connectivity index (χ3v) is 23.9. The molecule has 0 N–H and O–H groups in total. The number of fused-ring (bicyclic) bond motifs is 10. The van der Waals surface area contributed by atoms with Crippen molar-refractivity contribution in [3.63, 3.8) is 0 Å². The maximum Gasteiger partial charge on any atom is 0.252 e. The summed E-state index contributed by atoms with van der Waals surface area (Å²) in [5.74, 6) is 0. The molecule has 0 atom stereocenters. The van der Waals surface area contributed by atoms with Gasteiger partial charge < -0.3 is 18.9 Å². The number of benzene rings is 13. The van der Waals surface area contributed by atoms with Gasteiger partial charge in [-0.05, 0) is 286 Å². The van der Waals surface area contributed by atoms with E-state index in [0.29, 0.717) is 104 Å². The fourth-order valence-electron chi connectivity index (χ4n) is 19.6. The lowest BCUT2D eigenvalue weighted by Gasteiger charge is -2.46. The molecule has 0 saturated carbocycles. The SMILES string of the molecule is [2H]c1c([2H])c([2H])c2c(c1[2H])c1cc(C([2H])([2H])C(C)(C)C)ccc1n2-c1ccc2c(c1)N(c1c(-c3cccc(CC(C)(C)C)c3)cc(C([2H])([2H])C(C)(C)C)cc1-c1cccc(CC(C)(C)C)c1)c1cc(C(C)(C)C)cc3c1B2c1ccc(-n2c4ccc(C([2H])([2H])C(C)(C)C)cc4c4c([2H])c([2H])c([2H])c([2H])c42)cc1N3c1c(-c2cccc(CC(C)(C)C)c2)cc(C([2H])([2H])C(C)(C)C)cc1-c1cccc(CC(C)(C)C)c1. The van der Waals surface area contributed by atoms with Crippen LogP contribution >= 0.6 is 0 Å². The fraction of sp³-hybridized carbons (Fsp3) is 0.361. The lowest BCUT2D eigenvalue weighted by molar-refractivity contribution is 0.410. The van der Waals surface area contributed by atoms with E-state index in [9.17, 15) is 21.9 Å². The van der Waals surface area contributed by atoms with Crippen LogP contribution < -0.4 is 26.2 Å². The van der Waals surface area contributed by atoms with Gasteiger partial charge in [-0.15, -0.1) is 0 Å². The summed E-state index contributed by atoms with van der Waals surface area (Å²) in [6.07, 6.45) is -5.04. The lowest BCUT2D eigenvalue weighted by Crippen LogP contribution is -2.61. The van der Waals surface area contributed by atoms with E-state index in [0.717, 1.165) is 100 Å². The molecule has 5 heteroatoms. The van der Waals surface area contributed by atoms with Gasteiger partial charge in [0, 0.05) is 88.9 Å². The van der Waals surface area contributed by atoms with Gasteiger partial charge in [-0.3, -0.25) is 0 Å². The van der Waals surface area contributed by atoms with Crippen LogP contribution in [0.5, 0.6) is 0 Å². The first-order valence-corrected chi connectivity index (χ1v) is 45.8. The zero-order valence-corrected chi connectivity index (χ0v) is 80.3. The zero-order chi connectivity index (χ0) is 105. The minimum atomic E-state index is -1.99. The Balaban J connectivity index is 1.14. The highest BCUT2D eigenvalue weighted by Crippen LogP contribution is 2.56. The van der Waals surface area contributed by atoms with Crippen LogP contribution in [0.4, 0.5) is 34.1 Å². The molecule has 2 aromatic heterocycles. The van der Waals surface area contributed by atoms with Crippen LogP contribution in [0.2, 0.25) is 0 Å². The molecule has 13 aromatic carbocycles. The molecule has 15 aromatic rings. The van der Waals surface area contributed by atoms with E-state index in [2.05, 4.69) is 271 Å². The summed E-state index contributed by atoms with van der Waals surface area (Å²) in [6, 6.07) is 68.5. The average Bonchev–Trinajstić information content (AvgIpc) is 0.944. The molecule has 650 valence electrons. The Hall–Kier alpha value is -10.9. The second kappa shape index (κ2) is 32.1. The maximum absolute atomic E-state index is 10.7. The Bertz CT molecular complexity index is 7110. The summed E-state index contributed by atoms with van der Waals surface area (Å²) >= 11 is 0. The second-order valence-corrected chi connectivity index (χ2v) is 46.4. The van der Waals surface area contributed by atoms with Gasteiger partial charge in [-0.2, -0.15) is 0 Å². The van der Waals surface area contributed by atoms with Gasteiger partial charge in [-0.25, -0.2) is 0 Å². The molecular weight excluding hydrogens is 1530 g/mol. The van der Waals surface area contributed by atoms with Gasteiger partial charge in [-0.1, -0.05) is 345 Å². The van der Waals surface area contributed by atoms with Crippen molar-refractivity contribution in [2.24, 2.45) is 43.3 Å². The minimum absolute atomic E-state index is 0.178. The molecule has 2 aliphatic rings. The van der Waals surface area contributed by atoms with E-state index in [4.69, 9.17) is 0 Å². The summed E-state index contributed by atoms with van der Waals surface area (Å²) in [5.41, 5.74) is 16.9. The van der Waals surface area contributed by atoms with E-state index in [1.807, 2.05) is 116 Å². The highest BCUT2D eigenvalue weighted by atomic mass is 15.2. The van der Waals surface area contributed by atoms with Gasteiger partial charge in [0.25, 0.3) is 6.71 Å². The zero-order valence-electron chi connectivity index (χ0n) is 96.3. The lowest BCUT2D eigenvalue weighted by atomic mass is 9.33. The first-order chi connectivity index (χ1) is 65.9. The molecule has 0 radical (unpaired) electrons. The summed E-state index contributed by atoms with van der Waals surface area (Å²) in [7, 11) is 0. The van der Waals surface area contributed by atoms with Crippen molar-refractivity contribution < 1.29 is 21.9 Å². The van der Waals surface area contributed by atoms with Gasteiger partial charge in [0.05, 0.1) is 44.4 Å². The average molecular weight is 1690 g/mol. The maximum atomic E-state index is 10.7. The molecule has 0 unspecified atom stereocenters. The molecule has 0 amide bonds. The van der Waals surface area contributed by atoms with Crippen molar-refractivity contribution in [3.05, 3.63) is 305 Å². The number of aromatic nitrogens is 2. The summed E-state index contributed by atoms with van der Waals surface area (Å²) in [5, 5.41) is 1.31. The summed E-state index contributed by atoms with van der Waals surface area (Å²) in [4.78, 5) is 4.84. The van der Waals surface area contributed by atoms with E-state index in [-0.39, 0.29) is 67.6 Å². The molecule has 0 saturated heterocycles. The summed E-state index contributed by atoms with van der Waals surface area (Å²) < 4.78 is 165. The van der Waals surface area contributed by atoms with Crippen LogP contribution in [-0.2, 0) is 56.6 Å². The standard InChI is InChI=1S/C122H139BN4/c1-114(2,3)70-78-36-32-40-86(56-78)95-62-84(76-120(19,20)21)63-96(87-41-33-37-79(57-87)71-115(4,5)6)112(95)126-107-68-91(124-103-46-30-28-44-93(103)99-60-82(48-54-105(99)124)74-118(13,14)15)50-52-101(107)123-102-53-51-92(125-104-47-31-29-45-94(104)100-61-83(49-55-106(100)125)75-119(16,17)18)69-108(102)127(110-67-90(122(25,26)27)66-109(126)111(110)123)113-97(88-42-34-38-80(58-88)72-116(7,8)9)64-85(77-121(22,23)24)65-98(113)89-43-35-39-81(59-89)73-117(10,11)12/h28-69H,70-77H2,1-27H3/i28D,29D,30D,31D,44D,45D,46D,47D,74D2,75D2,76D2,77D2. The Morgan fingerprint density at radius 3 is 0.874 bits per heavy atom. The Kier molecular flexibility index (Phi) is 17.7. The minimum Gasteiger partial charge on any atom is -0.310 e. The van der Waals surface area contributed by atoms with Crippen LogP contribution in [0, 0.1) is 43.3 Å². The van der Waals surface area contributed by atoms with Crippen molar-refractivity contribution >= 4 is 101 Å². The topological polar surface area (TPSA) is 16.3 Å². The normalized spacial score (nSPS) is 15.9. The van der Waals surface area contributed by atoms with Gasteiger partial charge in [0.15, 0.2) is 0 Å². The Labute approximate surface area is 784 Å². The first kappa shape index (κ1) is 70.1. The third kappa shape index (κ3) is 18.6. The van der Waals surface area contributed by atoms with E-state index < -0.39 is 83.4 Å². The largest absolute Gasteiger partial charge is 0.310 e. The van der Waals surface area contributed by atoms with E-state index in [1.54, 1.807) is 24.3 Å². The predicted molar refractivity (Wildman–Crippen MR) is 555 cm³/mol. The second-order valence-electron chi connectivity index (χ2n) is 46.4. The van der Waals surface area contributed by atoms with Gasteiger partial charge in [0.2, 0.25) is 0 Å². The number of hydrogen-bond donors (Lipinski definition) is 0. The molecule has 4 heterocycles. The molecule has 17 rings (SSSR count). The summed E-state index contributed by atoms with van der Waals surface area (Å²) in [6.45, 7) is 55.6. The van der Waals surface area contributed by atoms with Crippen LogP contribution in [-0.4, -0.2) is 15.8 Å². The predicted octanol–water partition coefficient (Wildman–Crippen LogP) is 32.6. The number of anilines is 6. The highest BCUT2D eigenvalue weighted by Gasteiger charge is 2.47. The van der Waals surface area contributed by atoms with Crippen molar-refractivity contribution in [2.75, 3.05) is 9.80 Å². The van der Waals surface area contributed by atoms with Crippen molar-refractivity contribution in [1.82, 2.24) is 9.13 Å². The number of hydrogen-bond acceptors (Lipinski definition) is 2. The van der Waals surface area contributed by atoms with Crippen LogP contribution in [0.15, 0.2) is 255 Å². The molecule has 0 bridgehead atoms. The van der Waals surface area contributed by atoms with Crippen molar-refractivity contribution in [1.29, 1.82) is 0 Å². The molecule has 2 aliphatic heterocycles. The highest BCUT2D eigenvalue weighted by molar-refractivity contribution is 7.00. The Morgan fingerprint density at radius 1 is 0.268 bits per heavy atom. The third-order valence-electron chi connectivity index (χ3n) is 23.9. The quantitative estimate of drug-likeness (QED) is 0.0897. The Morgan fingerprint density at radius 2 is 0.575 bits per heavy atom. The van der Waals surface area contributed by atoms with Crippen LogP contribution in [0.3, 0.4) is 0 Å². The molecule has 4 nitrogen and oxygen atoms in total. The van der Waals surface area contributed by atoms with Gasteiger partial charge in [0.1, 0.15) is 0 Å². The van der Waals surface area contributed by atoms with Gasteiger partial charge >= 0.3 is 0 Å². The first-order valence-electron chi connectivity index (χ1n) is 53.8. The smallest absolute Gasteiger partial charge is 0.252 e. The monoisotopic (exact) mass is 1690 g/mol. The number of para-hydroxylation sites is 2. The molecule has 0 fully saturated rings. The van der Waals surface area contributed by atoms with Crippen molar-refractivity contribution in [3.8, 4) is 55.9 Å². The van der Waals surface area contributed by atoms with Crippen molar-refractivity contribution in [2.45, 2.75) is 244 Å². The number of rotatable bonds is 16. The molecular formula is C122H139BN4. The van der Waals surface area contributed by atoms with E-state index >= 15 is 0 Å². The van der Waals surface area contributed by atoms with Crippen LogP contribution in [0.25, 0.3) is 99.5 Å². The van der Waals surface area contributed by atoms with E-state index in [1.165, 1.54) is 0 Å². The molecule has 127 heavy (non-hydrogen) atoms. The van der Waals surface area contributed by atoms with Crippen LogP contribution in [0.1, 0.15) is 259 Å². The number of nitrogens with zero attached hydrogens (tertiary/aromatic N) is 4. The molecule has 0 spiro atoms. The molecule has 0 aliphatic carbocycles. The fourth-order valence-corrected chi connectivity index (χ4v) is 19.6.